The largest absolute Gasteiger partial charge is 0.382 e. The predicted octanol–water partition coefficient (Wildman–Crippen LogP) is 2.48. The van der Waals surface area contributed by atoms with E-state index in [0.717, 1.165) is 35.6 Å². The van der Waals surface area contributed by atoms with Crippen molar-refractivity contribution in [2.45, 2.75) is 26.1 Å². The van der Waals surface area contributed by atoms with E-state index >= 15 is 0 Å². The SMILES string of the molecule is CCN1CCNC(=O)C(COC)NC(=O)CN(C)Cc2cccc(c2)Nc2cc(ncn2)Nc2cccc(c2)C1. The van der Waals surface area contributed by atoms with Gasteiger partial charge in [-0.25, -0.2) is 9.97 Å². The van der Waals surface area contributed by atoms with Crippen molar-refractivity contribution in [1.29, 1.82) is 0 Å². The van der Waals surface area contributed by atoms with Crippen molar-refractivity contribution in [3.63, 3.8) is 0 Å². The van der Waals surface area contributed by atoms with Crippen molar-refractivity contribution in [1.82, 2.24) is 30.4 Å². The molecule has 212 valence electrons. The number of nitrogens with one attached hydrogen (secondary N) is 4. The van der Waals surface area contributed by atoms with Crippen molar-refractivity contribution in [3.8, 4) is 0 Å². The Morgan fingerprint density at radius 3 is 2.20 bits per heavy atom. The molecule has 1 aliphatic heterocycles. The molecule has 0 aliphatic carbocycles. The maximum Gasteiger partial charge on any atom is 0.245 e. The highest BCUT2D eigenvalue weighted by Crippen LogP contribution is 2.21. The number of rotatable bonds is 3. The van der Waals surface area contributed by atoms with Gasteiger partial charge < -0.3 is 26.0 Å². The second-order valence-corrected chi connectivity index (χ2v) is 9.85. The highest BCUT2D eigenvalue weighted by atomic mass is 16.5. The molecule has 1 atom stereocenters. The van der Waals surface area contributed by atoms with Crippen LogP contribution in [0.5, 0.6) is 0 Å². The van der Waals surface area contributed by atoms with Crippen LogP contribution in [0.25, 0.3) is 0 Å². The van der Waals surface area contributed by atoms with E-state index in [-0.39, 0.29) is 25.0 Å². The van der Waals surface area contributed by atoms with Crippen LogP contribution < -0.4 is 21.3 Å². The maximum atomic E-state index is 12.9. The predicted molar refractivity (Wildman–Crippen MR) is 156 cm³/mol. The van der Waals surface area contributed by atoms with Gasteiger partial charge in [0.05, 0.1) is 13.2 Å². The lowest BCUT2D eigenvalue weighted by molar-refractivity contribution is -0.130. The van der Waals surface area contributed by atoms with E-state index in [9.17, 15) is 9.59 Å². The normalized spacial score (nSPS) is 18.1. The fraction of sp³-hybridized carbons (Fsp3) is 0.379. The van der Waals surface area contributed by atoms with Crippen molar-refractivity contribution < 1.29 is 14.3 Å². The molecule has 0 spiro atoms. The summed E-state index contributed by atoms with van der Waals surface area (Å²) in [6, 6.07) is 17.2. The van der Waals surface area contributed by atoms with Gasteiger partial charge in [-0.2, -0.15) is 0 Å². The summed E-state index contributed by atoms with van der Waals surface area (Å²) in [5.74, 6) is 0.828. The van der Waals surface area contributed by atoms with Crippen LogP contribution in [0.2, 0.25) is 0 Å². The molecular weight excluding hydrogens is 508 g/mol. The third-order valence-electron chi connectivity index (χ3n) is 6.50. The molecule has 0 saturated carbocycles. The molecule has 4 N–H and O–H groups in total. The molecule has 1 aliphatic rings. The summed E-state index contributed by atoms with van der Waals surface area (Å²) in [6.45, 7) is 5.52. The molecule has 2 heterocycles. The van der Waals surface area contributed by atoms with Gasteiger partial charge in [-0.15, -0.1) is 0 Å². The first-order chi connectivity index (χ1) is 19.4. The molecule has 11 heteroatoms. The Kier molecular flexibility index (Phi) is 10.4. The summed E-state index contributed by atoms with van der Waals surface area (Å²) in [5, 5.41) is 12.5. The number of anilines is 4. The molecular formula is C29H38N8O3. The molecule has 2 aromatic carbocycles. The topological polar surface area (TPSA) is 124 Å². The number of fused-ring (bicyclic) bond motifs is 6. The first-order valence-corrected chi connectivity index (χ1v) is 13.4. The standard InChI is InChI=1S/C29H38N8O3/c1-4-37-12-11-30-29(39)25(19-40-3)35-28(38)18-36(2)16-21-7-5-9-23(13-21)33-26-15-27(32-20-31-26)34-24-10-6-8-22(14-24)17-37/h5-10,13-15,20,25H,4,11-12,16-19H2,1-3H3,(H,30,39)(H,35,38)(H2,31,32,33,34). The zero-order chi connectivity index (χ0) is 28.3. The molecule has 0 saturated heterocycles. The number of benzene rings is 2. The van der Waals surface area contributed by atoms with Gasteiger partial charge in [-0.3, -0.25) is 19.4 Å². The van der Waals surface area contributed by atoms with Crippen molar-refractivity contribution in [2.75, 3.05) is 57.6 Å². The van der Waals surface area contributed by atoms with Crippen molar-refractivity contribution in [2.24, 2.45) is 0 Å². The first kappa shape index (κ1) is 28.9. The lowest BCUT2D eigenvalue weighted by atomic mass is 10.2. The number of carbonyl (C=O) groups excluding carboxylic acids is 2. The van der Waals surface area contributed by atoms with E-state index in [1.807, 2.05) is 54.4 Å². The molecule has 0 radical (unpaired) electrons. The summed E-state index contributed by atoms with van der Waals surface area (Å²) in [6.07, 6.45) is 1.52. The van der Waals surface area contributed by atoms with Gasteiger partial charge in [-0.05, 0) is 49.0 Å². The van der Waals surface area contributed by atoms with Crippen LogP contribution in [0.15, 0.2) is 60.9 Å². The molecule has 3 aromatic rings. The van der Waals surface area contributed by atoms with Gasteiger partial charge in [0, 0.05) is 50.7 Å². The van der Waals surface area contributed by atoms with Crippen LogP contribution >= 0.6 is 0 Å². The molecule has 11 nitrogen and oxygen atoms in total. The molecule has 6 bridgehead atoms. The Morgan fingerprint density at radius 2 is 1.57 bits per heavy atom. The Morgan fingerprint density at radius 1 is 0.925 bits per heavy atom. The molecule has 2 amide bonds. The number of likely N-dealkylation sites (N-methyl/N-ethyl adjacent to an activating group) is 2. The lowest BCUT2D eigenvalue weighted by Crippen LogP contribution is -2.52. The quantitative estimate of drug-likeness (QED) is 0.392. The third-order valence-corrected chi connectivity index (χ3v) is 6.50. The maximum absolute atomic E-state index is 12.9. The number of hydrogen-bond donors (Lipinski definition) is 4. The van der Waals surface area contributed by atoms with E-state index < -0.39 is 6.04 Å². The fourth-order valence-electron chi connectivity index (χ4n) is 4.55. The van der Waals surface area contributed by atoms with E-state index in [1.165, 1.54) is 13.4 Å². The van der Waals surface area contributed by atoms with Gasteiger partial charge >= 0.3 is 0 Å². The fourth-order valence-corrected chi connectivity index (χ4v) is 4.55. The second kappa shape index (κ2) is 14.4. The molecule has 40 heavy (non-hydrogen) atoms. The van der Waals surface area contributed by atoms with Crippen molar-refractivity contribution >= 4 is 34.8 Å². The van der Waals surface area contributed by atoms with Gasteiger partial charge in [-0.1, -0.05) is 31.2 Å². The highest BCUT2D eigenvalue weighted by Gasteiger charge is 2.21. The van der Waals surface area contributed by atoms with E-state index in [1.54, 1.807) is 0 Å². The monoisotopic (exact) mass is 546 g/mol. The molecule has 4 rings (SSSR count). The van der Waals surface area contributed by atoms with Gasteiger partial charge in [0.2, 0.25) is 11.8 Å². The summed E-state index contributed by atoms with van der Waals surface area (Å²) in [7, 11) is 3.38. The minimum atomic E-state index is -0.769. The Labute approximate surface area is 235 Å². The van der Waals surface area contributed by atoms with Crippen molar-refractivity contribution in [3.05, 3.63) is 72.1 Å². The number of aromatic nitrogens is 2. The first-order valence-electron chi connectivity index (χ1n) is 13.4. The molecule has 0 fully saturated rings. The van der Waals surface area contributed by atoms with Crippen LogP contribution in [0, 0.1) is 0 Å². The minimum Gasteiger partial charge on any atom is -0.382 e. The average Bonchev–Trinajstić information content (AvgIpc) is 2.92. The summed E-state index contributed by atoms with van der Waals surface area (Å²) in [5.41, 5.74) is 3.95. The Balaban J connectivity index is 1.57. The third kappa shape index (κ3) is 8.73. The van der Waals surface area contributed by atoms with Gasteiger partial charge in [0.1, 0.15) is 24.0 Å². The highest BCUT2D eigenvalue weighted by molar-refractivity contribution is 5.88. The number of ether oxygens (including phenoxy) is 1. The van der Waals surface area contributed by atoms with Gasteiger partial charge in [0.15, 0.2) is 0 Å². The van der Waals surface area contributed by atoms with Crippen LogP contribution in [0.3, 0.4) is 0 Å². The summed E-state index contributed by atoms with van der Waals surface area (Å²) >= 11 is 0. The number of amides is 2. The second-order valence-electron chi connectivity index (χ2n) is 9.85. The van der Waals surface area contributed by atoms with Crippen LogP contribution in [0.4, 0.5) is 23.0 Å². The lowest BCUT2D eigenvalue weighted by Gasteiger charge is -2.23. The van der Waals surface area contributed by atoms with E-state index in [0.29, 0.717) is 31.3 Å². The van der Waals surface area contributed by atoms with E-state index in [2.05, 4.69) is 55.2 Å². The Bertz CT molecular complexity index is 1290. The zero-order valence-electron chi connectivity index (χ0n) is 23.3. The van der Waals surface area contributed by atoms with Gasteiger partial charge in [0.25, 0.3) is 0 Å². The number of hydrogen-bond acceptors (Lipinski definition) is 9. The van der Waals surface area contributed by atoms with Crippen LogP contribution in [-0.4, -0.2) is 84.6 Å². The number of nitrogens with zero attached hydrogens (tertiary/aromatic N) is 4. The summed E-state index contributed by atoms with van der Waals surface area (Å²) in [4.78, 5) is 38.6. The number of methoxy groups -OCH3 is 1. The number of carbonyl (C=O) groups is 2. The Hall–Kier alpha value is -4.06. The summed E-state index contributed by atoms with van der Waals surface area (Å²) < 4.78 is 5.21. The van der Waals surface area contributed by atoms with Crippen LogP contribution in [-0.2, 0) is 27.4 Å². The minimum absolute atomic E-state index is 0.0932. The van der Waals surface area contributed by atoms with Crippen LogP contribution in [0.1, 0.15) is 18.1 Å². The molecule has 1 unspecified atom stereocenters. The zero-order valence-corrected chi connectivity index (χ0v) is 23.3. The smallest absolute Gasteiger partial charge is 0.245 e. The average molecular weight is 547 g/mol. The molecule has 1 aromatic heterocycles. The van der Waals surface area contributed by atoms with E-state index in [4.69, 9.17) is 4.74 Å².